The van der Waals surface area contributed by atoms with Crippen molar-refractivity contribution in [3.8, 4) is 11.8 Å². The molecule has 0 spiro atoms. The van der Waals surface area contributed by atoms with Gasteiger partial charge in [0.15, 0.2) is 6.61 Å². The van der Waals surface area contributed by atoms with Gasteiger partial charge in [-0.15, -0.1) is 0 Å². The van der Waals surface area contributed by atoms with Gasteiger partial charge in [0.25, 0.3) is 0 Å². The largest absolute Gasteiger partial charge is 0.478 e. The van der Waals surface area contributed by atoms with Crippen LogP contribution in [0.1, 0.15) is 5.56 Å². The van der Waals surface area contributed by atoms with Crippen LogP contribution in [-0.2, 0) is 6.54 Å². The van der Waals surface area contributed by atoms with E-state index in [1.807, 2.05) is 42.1 Å². The van der Waals surface area contributed by atoms with Crippen molar-refractivity contribution in [3.63, 3.8) is 0 Å². The van der Waals surface area contributed by atoms with Crippen molar-refractivity contribution in [3.05, 3.63) is 29.8 Å². The molecule has 0 amide bonds. The van der Waals surface area contributed by atoms with Gasteiger partial charge in [0.05, 0.1) is 0 Å². The number of hydrogen-bond acceptors (Lipinski definition) is 5. The summed E-state index contributed by atoms with van der Waals surface area (Å²) in [6, 6.07) is 9.90. The highest BCUT2D eigenvalue weighted by Crippen LogP contribution is 2.23. The number of nitrogens with one attached hydrogen (secondary N) is 1. The second kappa shape index (κ2) is 8.36. The van der Waals surface area contributed by atoms with Gasteiger partial charge in [0, 0.05) is 41.2 Å². The zero-order valence-corrected chi connectivity index (χ0v) is 12.4. The van der Waals surface area contributed by atoms with E-state index in [0.717, 1.165) is 24.4 Å². The Kier molecular flexibility index (Phi) is 6.42. The van der Waals surface area contributed by atoms with E-state index in [9.17, 15) is 0 Å². The van der Waals surface area contributed by atoms with Crippen molar-refractivity contribution in [1.29, 1.82) is 5.26 Å². The molecule has 1 aliphatic heterocycles. The summed E-state index contributed by atoms with van der Waals surface area (Å²) in [7, 11) is 0. The Morgan fingerprint density at radius 2 is 2.26 bits per heavy atom. The Labute approximate surface area is 123 Å². The Morgan fingerprint density at radius 1 is 1.37 bits per heavy atom. The van der Waals surface area contributed by atoms with Crippen LogP contribution in [0.5, 0.6) is 5.75 Å². The average molecular weight is 294 g/mol. The van der Waals surface area contributed by atoms with Gasteiger partial charge >= 0.3 is 0 Å². The molecule has 1 saturated heterocycles. The first-order valence-corrected chi connectivity index (χ1v) is 8.58. The predicted octanol–water partition coefficient (Wildman–Crippen LogP) is 2.53. The standard InChI is InChI=1S/C14H18N2OS2/c15-5-6-17-14-4-2-1-3-12(14)9-16-10-13-11-18-7-8-19-13/h1-4,13,16H,6-11H2. The van der Waals surface area contributed by atoms with E-state index in [1.165, 1.54) is 17.3 Å². The quantitative estimate of drug-likeness (QED) is 0.873. The molecule has 19 heavy (non-hydrogen) atoms. The van der Waals surface area contributed by atoms with Crippen LogP contribution in [0.3, 0.4) is 0 Å². The predicted molar refractivity (Wildman–Crippen MR) is 82.8 cm³/mol. The van der Waals surface area contributed by atoms with E-state index in [0.29, 0.717) is 5.25 Å². The Balaban J connectivity index is 1.79. The van der Waals surface area contributed by atoms with Crippen molar-refractivity contribution >= 4 is 23.5 Å². The van der Waals surface area contributed by atoms with Crippen LogP contribution in [0.4, 0.5) is 0 Å². The average Bonchev–Trinajstić information content (AvgIpc) is 2.47. The molecule has 1 aromatic carbocycles. The topological polar surface area (TPSA) is 45.0 Å². The molecule has 5 heteroatoms. The number of benzene rings is 1. The second-order valence-corrected chi connectivity index (χ2v) is 6.81. The van der Waals surface area contributed by atoms with Crippen LogP contribution in [0, 0.1) is 11.3 Å². The van der Waals surface area contributed by atoms with Gasteiger partial charge in [0.2, 0.25) is 0 Å². The number of nitrogens with zero attached hydrogens (tertiary/aromatic N) is 1. The summed E-state index contributed by atoms with van der Waals surface area (Å²) >= 11 is 4.10. The van der Waals surface area contributed by atoms with Gasteiger partial charge in [-0.25, -0.2) is 0 Å². The fourth-order valence-corrected chi connectivity index (χ4v) is 4.57. The third-order valence-electron chi connectivity index (χ3n) is 2.84. The summed E-state index contributed by atoms with van der Waals surface area (Å²) in [6.07, 6.45) is 0. The van der Waals surface area contributed by atoms with Crippen LogP contribution in [0.25, 0.3) is 0 Å². The fourth-order valence-electron chi connectivity index (χ4n) is 1.92. The van der Waals surface area contributed by atoms with E-state index in [-0.39, 0.29) is 6.61 Å². The van der Waals surface area contributed by atoms with Crippen LogP contribution in [0.15, 0.2) is 24.3 Å². The first-order valence-electron chi connectivity index (χ1n) is 6.38. The zero-order chi connectivity index (χ0) is 13.3. The minimum absolute atomic E-state index is 0.103. The maximum atomic E-state index is 8.57. The summed E-state index contributed by atoms with van der Waals surface area (Å²) in [6.45, 7) is 1.93. The molecular formula is C14H18N2OS2. The number of ether oxygens (including phenoxy) is 1. The lowest BCUT2D eigenvalue weighted by Crippen LogP contribution is -2.28. The number of hydrogen-bond donors (Lipinski definition) is 1. The van der Waals surface area contributed by atoms with Gasteiger partial charge in [-0.2, -0.15) is 28.8 Å². The van der Waals surface area contributed by atoms with Gasteiger partial charge in [-0.1, -0.05) is 18.2 Å². The molecule has 1 atom stereocenters. The fraction of sp³-hybridized carbons (Fsp3) is 0.500. The summed E-state index contributed by atoms with van der Waals surface area (Å²) < 4.78 is 5.42. The highest BCUT2D eigenvalue weighted by atomic mass is 32.2. The summed E-state index contributed by atoms with van der Waals surface area (Å²) in [5, 5.41) is 12.8. The first kappa shape index (κ1) is 14.6. The number of thioether (sulfide) groups is 2. The van der Waals surface area contributed by atoms with E-state index in [4.69, 9.17) is 10.00 Å². The Morgan fingerprint density at radius 3 is 3.05 bits per heavy atom. The molecule has 1 unspecified atom stereocenters. The van der Waals surface area contributed by atoms with Crippen LogP contribution in [0.2, 0.25) is 0 Å². The van der Waals surface area contributed by atoms with Crippen LogP contribution >= 0.6 is 23.5 Å². The molecule has 1 aliphatic rings. The molecule has 0 radical (unpaired) electrons. The molecule has 102 valence electrons. The molecular weight excluding hydrogens is 276 g/mol. The molecule has 1 N–H and O–H groups in total. The maximum absolute atomic E-state index is 8.57. The monoisotopic (exact) mass is 294 g/mol. The highest BCUT2D eigenvalue weighted by molar-refractivity contribution is 8.06. The third-order valence-corrected chi connectivity index (χ3v) is 5.68. The maximum Gasteiger partial charge on any atom is 0.174 e. The Hall–Kier alpha value is -0.830. The summed E-state index contributed by atoms with van der Waals surface area (Å²) in [5.74, 6) is 4.59. The SMILES string of the molecule is N#CCOc1ccccc1CNCC1CSCCS1. The number of rotatable bonds is 6. The van der Waals surface area contributed by atoms with Gasteiger partial charge in [-0.05, 0) is 6.07 Å². The van der Waals surface area contributed by atoms with Gasteiger partial charge in [-0.3, -0.25) is 0 Å². The van der Waals surface area contributed by atoms with Crippen molar-refractivity contribution in [2.75, 3.05) is 30.4 Å². The molecule has 0 aromatic heterocycles. The van der Waals surface area contributed by atoms with Crippen molar-refractivity contribution in [1.82, 2.24) is 5.32 Å². The van der Waals surface area contributed by atoms with Crippen molar-refractivity contribution in [2.45, 2.75) is 11.8 Å². The normalized spacial score (nSPS) is 18.8. The number of nitriles is 1. The first-order chi connectivity index (χ1) is 9.40. The minimum Gasteiger partial charge on any atom is -0.478 e. The molecule has 0 saturated carbocycles. The summed E-state index contributed by atoms with van der Waals surface area (Å²) in [4.78, 5) is 0. The lowest BCUT2D eigenvalue weighted by atomic mass is 10.2. The van der Waals surface area contributed by atoms with E-state index in [1.54, 1.807) is 0 Å². The van der Waals surface area contributed by atoms with Crippen molar-refractivity contribution in [2.24, 2.45) is 0 Å². The molecule has 1 fully saturated rings. The Bertz CT molecular complexity index is 428. The lowest BCUT2D eigenvalue weighted by molar-refractivity contribution is 0.362. The second-order valence-electron chi connectivity index (χ2n) is 4.25. The van der Waals surface area contributed by atoms with Gasteiger partial charge in [0.1, 0.15) is 11.8 Å². The minimum atomic E-state index is 0.103. The van der Waals surface area contributed by atoms with Crippen LogP contribution < -0.4 is 10.1 Å². The van der Waals surface area contributed by atoms with Gasteiger partial charge < -0.3 is 10.1 Å². The lowest BCUT2D eigenvalue weighted by Gasteiger charge is -2.21. The molecule has 0 aliphatic carbocycles. The summed E-state index contributed by atoms with van der Waals surface area (Å²) in [5.41, 5.74) is 1.12. The highest BCUT2D eigenvalue weighted by Gasteiger charge is 2.13. The van der Waals surface area contributed by atoms with Crippen molar-refractivity contribution < 1.29 is 4.74 Å². The van der Waals surface area contributed by atoms with E-state index in [2.05, 4.69) is 17.1 Å². The molecule has 2 rings (SSSR count). The molecule has 1 aromatic rings. The van der Waals surface area contributed by atoms with E-state index >= 15 is 0 Å². The zero-order valence-electron chi connectivity index (χ0n) is 10.8. The third kappa shape index (κ3) is 4.98. The van der Waals surface area contributed by atoms with Crippen LogP contribution in [-0.4, -0.2) is 35.7 Å². The van der Waals surface area contributed by atoms with E-state index < -0.39 is 0 Å². The number of para-hydroxylation sites is 1. The molecule has 1 heterocycles. The molecule has 0 bridgehead atoms. The molecule has 3 nitrogen and oxygen atoms in total. The smallest absolute Gasteiger partial charge is 0.174 e.